The SMILES string of the molecule is CC(C)C1(C)NCCN(C)C1=O. The molecule has 1 N–H and O–H groups in total. The fourth-order valence-electron chi connectivity index (χ4n) is 1.51. The number of hydrogen-bond donors (Lipinski definition) is 1. The van der Waals surface area contributed by atoms with Gasteiger partial charge in [-0.3, -0.25) is 4.79 Å². The van der Waals surface area contributed by atoms with Crippen LogP contribution in [0.5, 0.6) is 0 Å². The van der Waals surface area contributed by atoms with Crippen molar-refractivity contribution in [3.63, 3.8) is 0 Å². The quantitative estimate of drug-likeness (QED) is 0.620. The van der Waals surface area contributed by atoms with Crippen molar-refractivity contribution < 1.29 is 4.79 Å². The average Bonchev–Trinajstić information content (AvgIpc) is 2.00. The standard InChI is InChI=1S/C9H18N2O/c1-7(2)9(3)8(12)11(4)6-5-10-9/h7,10H,5-6H2,1-4H3. The van der Waals surface area contributed by atoms with Gasteiger partial charge >= 0.3 is 0 Å². The van der Waals surface area contributed by atoms with Gasteiger partial charge in [-0.1, -0.05) is 13.8 Å². The Balaban J connectivity index is 2.81. The Morgan fingerprint density at radius 1 is 1.58 bits per heavy atom. The molecule has 1 aliphatic rings. The third-order valence-electron chi connectivity index (χ3n) is 2.89. The first-order valence-corrected chi connectivity index (χ1v) is 4.49. The molecule has 0 aromatic carbocycles. The number of nitrogens with zero attached hydrogens (tertiary/aromatic N) is 1. The number of nitrogens with one attached hydrogen (secondary N) is 1. The largest absolute Gasteiger partial charge is 0.343 e. The maximum absolute atomic E-state index is 11.8. The lowest BCUT2D eigenvalue weighted by atomic mass is 9.85. The number of piperazine rings is 1. The highest BCUT2D eigenvalue weighted by molar-refractivity contribution is 5.86. The number of rotatable bonds is 1. The van der Waals surface area contributed by atoms with Gasteiger partial charge in [0.25, 0.3) is 0 Å². The van der Waals surface area contributed by atoms with E-state index in [0.717, 1.165) is 13.1 Å². The molecule has 70 valence electrons. The Hall–Kier alpha value is -0.570. The van der Waals surface area contributed by atoms with Crippen LogP contribution in [0.2, 0.25) is 0 Å². The van der Waals surface area contributed by atoms with E-state index in [0.29, 0.717) is 5.92 Å². The molecule has 1 unspecified atom stereocenters. The molecule has 1 heterocycles. The van der Waals surface area contributed by atoms with Gasteiger partial charge in [0, 0.05) is 20.1 Å². The Bertz CT molecular complexity index is 191. The predicted octanol–water partition coefficient (Wildman–Crippen LogP) is 0.463. The summed E-state index contributed by atoms with van der Waals surface area (Å²) < 4.78 is 0. The fourth-order valence-corrected chi connectivity index (χ4v) is 1.51. The number of carbonyl (C=O) groups is 1. The van der Waals surface area contributed by atoms with Gasteiger partial charge < -0.3 is 10.2 Å². The molecule has 0 saturated carbocycles. The van der Waals surface area contributed by atoms with Crippen molar-refractivity contribution in [2.75, 3.05) is 20.1 Å². The van der Waals surface area contributed by atoms with Gasteiger partial charge in [-0.05, 0) is 12.8 Å². The molecule has 1 fully saturated rings. The summed E-state index contributed by atoms with van der Waals surface area (Å²) in [6, 6.07) is 0. The zero-order valence-electron chi connectivity index (χ0n) is 8.35. The van der Waals surface area contributed by atoms with Crippen LogP contribution in [0.3, 0.4) is 0 Å². The smallest absolute Gasteiger partial charge is 0.242 e. The number of carbonyl (C=O) groups excluding carboxylic acids is 1. The second-order valence-electron chi connectivity index (χ2n) is 4.01. The van der Waals surface area contributed by atoms with Crippen molar-refractivity contribution in [1.82, 2.24) is 10.2 Å². The van der Waals surface area contributed by atoms with Crippen LogP contribution in [0.1, 0.15) is 20.8 Å². The van der Waals surface area contributed by atoms with Crippen molar-refractivity contribution in [3.8, 4) is 0 Å². The van der Waals surface area contributed by atoms with Crippen molar-refractivity contribution in [3.05, 3.63) is 0 Å². The first-order chi connectivity index (χ1) is 5.48. The Morgan fingerprint density at radius 2 is 2.17 bits per heavy atom. The van der Waals surface area contributed by atoms with Crippen molar-refractivity contribution in [2.45, 2.75) is 26.3 Å². The predicted molar refractivity (Wildman–Crippen MR) is 48.9 cm³/mol. The summed E-state index contributed by atoms with van der Waals surface area (Å²) in [5, 5.41) is 3.28. The van der Waals surface area contributed by atoms with E-state index in [2.05, 4.69) is 19.2 Å². The molecule has 1 rings (SSSR count). The molecular weight excluding hydrogens is 152 g/mol. The maximum Gasteiger partial charge on any atom is 0.242 e. The zero-order valence-corrected chi connectivity index (χ0v) is 8.35. The van der Waals surface area contributed by atoms with Crippen LogP contribution in [0.4, 0.5) is 0 Å². The van der Waals surface area contributed by atoms with Gasteiger partial charge in [0.15, 0.2) is 0 Å². The van der Waals surface area contributed by atoms with E-state index in [1.165, 1.54) is 0 Å². The molecular formula is C9H18N2O. The molecule has 1 amide bonds. The third-order valence-corrected chi connectivity index (χ3v) is 2.89. The molecule has 0 aromatic rings. The highest BCUT2D eigenvalue weighted by Crippen LogP contribution is 2.21. The molecule has 0 aromatic heterocycles. The summed E-state index contributed by atoms with van der Waals surface area (Å²) in [6.45, 7) is 7.85. The van der Waals surface area contributed by atoms with Gasteiger partial charge in [-0.25, -0.2) is 0 Å². The number of hydrogen-bond acceptors (Lipinski definition) is 2. The first-order valence-electron chi connectivity index (χ1n) is 4.49. The van der Waals surface area contributed by atoms with Gasteiger partial charge in [-0.15, -0.1) is 0 Å². The summed E-state index contributed by atoms with van der Waals surface area (Å²) in [6.07, 6.45) is 0. The van der Waals surface area contributed by atoms with Gasteiger partial charge in [0.2, 0.25) is 5.91 Å². The number of likely N-dealkylation sites (N-methyl/N-ethyl adjacent to an activating group) is 1. The molecule has 1 saturated heterocycles. The summed E-state index contributed by atoms with van der Waals surface area (Å²) in [5.74, 6) is 0.552. The van der Waals surface area contributed by atoms with Crippen LogP contribution in [-0.4, -0.2) is 36.5 Å². The van der Waals surface area contributed by atoms with E-state index < -0.39 is 0 Å². The Morgan fingerprint density at radius 3 is 2.58 bits per heavy atom. The molecule has 3 nitrogen and oxygen atoms in total. The van der Waals surface area contributed by atoms with Crippen LogP contribution in [0.25, 0.3) is 0 Å². The van der Waals surface area contributed by atoms with E-state index in [1.54, 1.807) is 4.90 Å². The van der Waals surface area contributed by atoms with E-state index >= 15 is 0 Å². The second kappa shape index (κ2) is 3.05. The lowest BCUT2D eigenvalue weighted by molar-refractivity contribution is -0.141. The van der Waals surface area contributed by atoms with Crippen LogP contribution in [-0.2, 0) is 4.79 Å². The summed E-state index contributed by atoms with van der Waals surface area (Å²) in [5.41, 5.74) is -0.354. The minimum absolute atomic E-state index is 0.212. The molecule has 0 spiro atoms. The molecule has 1 atom stereocenters. The van der Waals surface area contributed by atoms with Gasteiger partial charge in [0.1, 0.15) is 0 Å². The normalized spacial score (nSPS) is 31.4. The highest BCUT2D eigenvalue weighted by Gasteiger charge is 2.40. The molecule has 12 heavy (non-hydrogen) atoms. The molecule has 0 aliphatic carbocycles. The summed E-state index contributed by atoms with van der Waals surface area (Å²) in [7, 11) is 1.86. The van der Waals surface area contributed by atoms with Gasteiger partial charge in [-0.2, -0.15) is 0 Å². The average molecular weight is 170 g/mol. The molecule has 1 aliphatic heterocycles. The highest BCUT2D eigenvalue weighted by atomic mass is 16.2. The molecule has 3 heteroatoms. The molecule has 0 bridgehead atoms. The van der Waals surface area contributed by atoms with Crippen molar-refractivity contribution >= 4 is 5.91 Å². The minimum atomic E-state index is -0.354. The van der Waals surface area contributed by atoms with E-state index in [1.807, 2.05) is 14.0 Å². The molecule has 0 radical (unpaired) electrons. The summed E-state index contributed by atoms with van der Waals surface area (Å²) in [4.78, 5) is 13.6. The minimum Gasteiger partial charge on any atom is -0.343 e. The Kier molecular flexibility index (Phi) is 2.42. The fraction of sp³-hybridized carbons (Fsp3) is 0.889. The third kappa shape index (κ3) is 1.33. The topological polar surface area (TPSA) is 32.3 Å². The van der Waals surface area contributed by atoms with Gasteiger partial charge in [0.05, 0.1) is 5.54 Å². The van der Waals surface area contributed by atoms with E-state index in [9.17, 15) is 4.79 Å². The van der Waals surface area contributed by atoms with Crippen LogP contribution < -0.4 is 5.32 Å². The summed E-state index contributed by atoms with van der Waals surface area (Å²) >= 11 is 0. The van der Waals surface area contributed by atoms with Crippen LogP contribution in [0, 0.1) is 5.92 Å². The first kappa shape index (κ1) is 9.52. The Labute approximate surface area is 74.1 Å². The van der Waals surface area contributed by atoms with E-state index in [4.69, 9.17) is 0 Å². The van der Waals surface area contributed by atoms with Crippen LogP contribution in [0.15, 0.2) is 0 Å². The number of amides is 1. The lowest BCUT2D eigenvalue weighted by Gasteiger charge is -2.41. The maximum atomic E-state index is 11.8. The van der Waals surface area contributed by atoms with Crippen molar-refractivity contribution in [2.24, 2.45) is 5.92 Å². The van der Waals surface area contributed by atoms with E-state index in [-0.39, 0.29) is 11.4 Å². The monoisotopic (exact) mass is 170 g/mol. The van der Waals surface area contributed by atoms with Crippen molar-refractivity contribution in [1.29, 1.82) is 0 Å². The lowest BCUT2D eigenvalue weighted by Crippen LogP contribution is -2.64. The second-order valence-corrected chi connectivity index (χ2v) is 4.01. The van der Waals surface area contributed by atoms with Crippen LogP contribution >= 0.6 is 0 Å². The zero-order chi connectivity index (χ0) is 9.35.